The zero-order valence-corrected chi connectivity index (χ0v) is 17.9. The Balaban J connectivity index is 1.43. The maximum absolute atomic E-state index is 5.85. The number of fused-ring (bicyclic) bond motifs is 1. The number of aliphatic imine (C=N–C) groups is 1. The van der Waals surface area contributed by atoms with Crippen molar-refractivity contribution >= 4 is 5.96 Å². The predicted molar refractivity (Wildman–Crippen MR) is 115 cm³/mol. The second-order valence-electron chi connectivity index (χ2n) is 8.39. The van der Waals surface area contributed by atoms with E-state index in [9.17, 15) is 0 Å². The van der Waals surface area contributed by atoms with Crippen LogP contribution in [0.1, 0.15) is 51.0 Å². The molecule has 29 heavy (non-hydrogen) atoms. The minimum absolute atomic E-state index is 0.134. The first-order valence-electron chi connectivity index (χ1n) is 11.2. The van der Waals surface area contributed by atoms with Crippen LogP contribution in [0.5, 0.6) is 11.5 Å². The van der Waals surface area contributed by atoms with Crippen molar-refractivity contribution < 1.29 is 14.2 Å². The lowest BCUT2D eigenvalue weighted by Crippen LogP contribution is -2.50. The van der Waals surface area contributed by atoms with Gasteiger partial charge in [0.05, 0.1) is 6.10 Å². The summed E-state index contributed by atoms with van der Waals surface area (Å²) in [6.45, 7) is 7.05. The van der Waals surface area contributed by atoms with Crippen molar-refractivity contribution in [2.45, 2.75) is 57.0 Å². The summed E-state index contributed by atoms with van der Waals surface area (Å²) in [4.78, 5) is 6.96. The summed E-state index contributed by atoms with van der Waals surface area (Å²) in [5.74, 6) is 2.78. The Labute approximate surface area is 174 Å². The van der Waals surface area contributed by atoms with Gasteiger partial charge in [0.25, 0.3) is 0 Å². The molecule has 2 fully saturated rings. The minimum Gasteiger partial charge on any atom is -0.486 e. The van der Waals surface area contributed by atoms with E-state index in [4.69, 9.17) is 14.2 Å². The highest BCUT2D eigenvalue weighted by Crippen LogP contribution is 2.43. The van der Waals surface area contributed by atoms with Crippen molar-refractivity contribution in [3.05, 3.63) is 23.8 Å². The Morgan fingerprint density at radius 1 is 1.17 bits per heavy atom. The zero-order chi connectivity index (χ0) is 20.1. The fourth-order valence-corrected chi connectivity index (χ4v) is 5.04. The second-order valence-corrected chi connectivity index (χ2v) is 8.39. The van der Waals surface area contributed by atoms with Gasteiger partial charge in [-0.15, -0.1) is 0 Å². The van der Waals surface area contributed by atoms with Gasteiger partial charge in [-0.3, -0.25) is 4.99 Å². The van der Waals surface area contributed by atoms with Crippen LogP contribution in [-0.4, -0.2) is 63.5 Å². The third kappa shape index (κ3) is 4.47. The summed E-state index contributed by atoms with van der Waals surface area (Å²) >= 11 is 0. The number of hydrogen-bond acceptors (Lipinski definition) is 4. The van der Waals surface area contributed by atoms with Crippen molar-refractivity contribution in [3.63, 3.8) is 0 Å². The van der Waals surface area contributed by atoms with Gasteiger partial charge in [-0.25, -0.2) is 0 Å². The van der Waals surface area contributed by atoms with Crippen molar-refractivity contribution in [2.24, 2.45) is 4.99 Å². The van der Waals surface area contributed by atoms with Gasteiger partial charge in [0.1, 0.15) is 13.2 Å². The molecule has 6 heteroatoms. The lowest BCUT2D eigenvalue weighted by Gasteiger charge is -2.37. The molecule has 160 valence electrons. The predicted octanol–water partition coefficient (Wildman–Crippen LogP) is 3.35. The van der Waals surface area contributed by atoms with Crippen LogP contribution in [-0.2, 0) is 10.2 Å². The maximum atomic E-state index is 5.85. The summed E-state index contributed by atoms with van der Waals surface area (Å²) in [7, 11) is 1.89. The Morgan fingerprint density at radius 2 is 1.90 bits per heavy atom. The van der Waals surface area contributed by atoms with E-state index in [1.165, 1.54) is 31.2 Å². The molecule has 1 aliphatic carbocycles. The first kappa shape index (κ1) is 20.3. The molecule has 1 N–H and O–H groups in total. The molecule has 2 aliphatic heterocycles. The zero-order valence-electron chi connectivity index (χ0n) is 17.9. The molecule has 4 rings (SSSR count). The van der Waals surface area contributed by atoms with E-state index < -0.39 is 0 Å². The van der Waals surface area contributed by atoms with Gasteiger partial charge in [0, 0.05) is 38.7 Å². The molecular formula is C23H35N3O3. The standard InChI is InChI=1S/C23H35N3O3/c1-3-27-19-8-12-26(13-9-19)22(24-2)25-17-23(10-4-5-11-23)18-6-7-20-21(16-18)29-15-14-28-20/h6-7,16,19H,3-5,8-15,17H2,1-2H3,(H,24,25). The number of rotatable bonds is 5. The quantitative estimate of drug-likeness (QED) is 0.606. The minimum atomic E-state index is 0.134. The van der Waals surface area contributed by atoms with Crippen LogP contribution < -0.4 is 14.8 Å². The topological polar surface area (TPSA) is 55.3 Å². The molecule has 0 radical (unpaired) electrons. The van der Waals surface area contributed by atoms with Crippen LogP contribution in [0.2, 0.25) is 0 Å². The molecule has 0 aromatic heterocycles. The monoisotopic (exact) mass is 401 g/mol. The lowest BCUT2D eigenvalue weighted by atomic mass is 9.78. The molecule has 1 saturated carbocycles. The van der Waals surface area contributed by atoms with Gasteiger partial charge in [0.2, 0.25) is 0 Å². The number of nitrogens with zero attached hydrogens (tertiary/aromatic N) is 2. The fraction of sp³-hybridized carbons (Fsp3) is 0.696. The molecule has 1 aromatic rings. The van der Waals surface area contributed by atoms with Crippen LogP contribution >= 0.6 is 0 Å². The highest BCUT2D eigenvalue weighted by atomic mass is 16.6. The molecule has 2 heterocycles. The summed E-state index contributed by atoms with van der Waals surface area (Å²) in [6.07, 6.45) is 7.48. The average Bonchev–Trinajstić information content (AvgIpc) is 3.25. The van der Waals surface area contributed by atoms with Crippen molar-refractivity contribution in [2.75, 3.05) is 46.5 Å². The van der Waals surface area contributed by atoms with Crippen molar-refractivity contribution in [1.82, 2.24) is 10.2 Å². The first-order chi connectivity index (χ1) is 14.2. The van der Waals surface area contributed by atoms with E-state index >= 15 is 0 Å². The third-order valence-electron chi connectivity index (χ3n) is 6.66. The van der Waals surface area contributed by atoms with Crippen LogP contribution in [0, 0.1) is 0 Å². The Morgan fingerprint density at radius 3 is 2.59 bits per heavy atom. The van der Waals surface area contributed by atoms with Gasteiger partial charge >= 0.3 is 0 Å². The average molecular weight is 402 g/mol. The molecular weight excluding hydrogens is 366 g/mol. The van der Waals surface area contributed by atoms with E-state index in [0.29, 0.717) is 19.3 Å². The Bertz CT molecular complexity index is 707. The van der Waals surface area contributed by atoms with Crippen LogP contribution in [0.3, 0.4) is 0 Å². The van der Waals surface area contributed by atoms with Gasteiger partial charge in [-0.1, -0.05) is 18.9 Å². The van der Waals surface area contributed by atoms with Crippen molar-refractivity contribution in [3.8, 4) is 11.5 Å². The normalized spacial score (nSPS) is 22.0. The second kappa shape index (κ2) is 9.24. The van der Waals surface area contributed by atoms with Crippen LogP contribution in [0.15, 0.2) is 23.2 Å². The van der Waals surface area contributed by atoms with E-state index in [0.717, 1.165) is 56.5 Å². The van der Waals surface area contributed by atoms with Gasteiger partial charge in [-0.2, -0.15) is 0 Å². The molecule has 1 saturated heterocycles. The van der Waals surface area contributed by atoms with Gasteiger partial charge in [0.15, 0.2) is 17.5 Å². The van der Waals surface area contributed by atoms with E-state index in [-0.39, 0.29) is 5.41 Å². The molecule has 0 bridgehead atoms. The molecule has 6 nitrogen and oxygen atoms in total. The largest absolute Gasteiger partial charge is 0.486 e. The van der Waals surface area contributed by atoms with E-state index in [1.807, 2.05) is 7.05 Å². The molecule has 1 aromatic carbocycles. The van der Waals surface area contributed by atoms with Crippen molar-refractivity contribution in [1.29, 1.82) is 0 Å². The summed E-state index contributed by atoms with van der Waals surface area (Å²) < 4.78 is 17.4. The number of piperidine rings is 1. The fourth-order valence-electron chi connectivity index (χ4n) is 5.04. The molecule has 3 aliphatic rings. The van der Waals surface area contributed by atoms with Gasteiger partial charge in [-0.05, 0) is 50.3 Å². The highest BCUT2D eigenvalue weighted by molar-refractivity contribution is 5.80. The highest BCUT2D eigenvalue weighted by Gasteiger charge is 2.37. The molecule has 0 unspecified atom stereocenters. The lowest BCUT2D eigenvalue weighted by molar-refractivity contribution is 0.0263. The van der Waals surface area contributed by atoms with E-state index in [2.05, 4.69) is 40.3 Å². The maximum Gasteiger partial charge on any atom is 0.193 e. The first-order valence-corrected chi connectivity index (χ1v) is 11.2. The number of benzene rings is 1. The number of likely N-dealkylation sites (tertiary alicyclic amines) is 1. The SMILES string of the molecule is CCOC1CCN(C(=NC)NCC2(c3ccc4c(c3)OCCO4)CCCC2)CC1. The number of ether oxygens (including phenoxy) is 3. The third-order valence-corrected chi connectivity index (χ3v) is 6.66. The van der Waals surface area contributed by atoms with E-state index in [1.54, 1.807) is 0 Å². The number of nitrogens with one attached hydrogen (secondary N) is 1. The summed E-state index contributed by atoms with van der Waals surface area (Å²) in [5, 5.41) is 3.71. The Hall–Kier alpha value is -1.95. The summed E-state index contributed by atoms with van der Waals surface area (Å²) in [6, 6.07) is 6.52. The molecule has 0 atom stereocenters. The summed E-state index contributed by atoms with van der Waals surface area (Å²) in [5.41, 5.74) is 1.49. The van der Waals surface area contributed by atoms with Gasteiger partial charge < -0.3 is 24.4 Å². The number of guanidine groups is 1. The smallest absolute Gasteiger partial charge is 0.193 e. The molecule has 0 spiro atoms. The van der Waals surface area contributed by atoms with Crippen LogP contribution in [0.25, 0.3) is 0 Å². The molecule has 0 amide bonds. The Kier molecular flexibility index (Phi) is 6.48. The number of hydrogen-bond donors (Lipinski definition) is 1. The van der Waals surface area contributed by atoms with Crippen LogP contribution in [0.4, 0.5) is 0 Å².